The van der Waals surface area contributed by atoms with Crippen molar-refractivity contribution in [2.75, 3.05) is 0 Å². The summed E-state index contributed by atoms with van der Waals surface area (Å²) in [4.78, 5) is 4.27. The van der Waals surface area contributed by atoms with Crippen LogP contribution in [0.1, 0.15) is 37.3 Å². The molecule has 1 aliphatic heterocycles. The van der Waals surface area contributed by atoms with Crippen LogP contribution in [0.2, 0.25) is 0 Å². The topological polar surface area (TPSA) is 22.1 Å². The van der Waals surface area contributed by atoms with Crippen molar-refractivity contribution >= 4 is 0 Å². The highest BCUT2D eigenvalue weighted by molar-refractivity contribution is 5.27. The summed E-state index contributed by atoms with van der Waals surface area (Å²) in [6, 6.07) is 4.03. The molecular formula is C9H11NO. The number of hydrogen-bond acceptors (Lipinski definition) is 2. The third-order valence-electron chi connectivity index (χ3n) is 2.10. The van der Waals surface area contributed by atoms with E-state index in [1.54, 1.807) is 0 Å². The van der Waals surface area contributed by atoms with E-state index in [1.807, 2.05) is 19.2 Å². The molecule has 0 radical (unpaired) electrons. The van der Waals surface area contributed by atoms with Gasteiger partial charge in [-0.25, -0.2) is 0 Å². The van der Waals surface area contributed by atoms with Crippen LogP contribution in [0.25, 0.3) is 0 Å². The predicted octanol–water partition coefficient (Wildman–Crippen LogP) is 2.23. The summed E-state index contributed by atoms with van der Waals surface area (Å²) < 4.78 is 5.57. The van der Waals surface area contributed by atoms with E-state index in [0.29, 0.717) is 0 Å². The highest BCUT2D eigenvalue weighted by Gasteiger charge is 2.25. The summed E-state index contributed by atoms with van der Waals surface area (Å²) in [5, 5.41) is 0. The Labute approximate surface area is 66.2 Å². The van der Waals surface area contributed by atoms with E-state index < -0.39 is 0 Å². The first-order valence-electron chi connectivity index (χ1n) is 3.89. The fraction of sp³-hybridized carbons (Fsp3) is 0.444. The second kappa shape index (κ2) is 2.31. The highest BCUT2D eigenvalue weighted by Crippen LogP contribution is 2.36. The van der Waals surface area contributed by atoms with Crippen molar-refractivity contribution in [2.45, 2.75) is 26.1 Å². The van der Waals surface area contributed by atoms with Gasteiger partial charge in [0, 0.05) is 11.8 Å². The fourth-order valence-corrected chi connectivity index (χ4v) is 1.56. The molecule has 58 valence electrons. The van der Waals surface area contributed by atoms with E-state index in [2.05, 4.69) is 18.0 Å². The van der Waals surface area contributed by atoms with E-state index in [4.69, 9.17) is 4.74 Å². The van der Waals surface area contributed by atoms with Crippen molar-refractivity contribution in [1.82, 2.24) is 4.98 Å². The maximum atomic E-state index is 5.57. The van der Waals surface area contributed by atoms with Gasteiger partial charge < -0.3 is 4.74 Å². The van der Waals surface area contributed by atoms with E-state index in [1.165, 1.54) is 5.56 Å². The van der Waals surface area contributed by atoms with Gasteiger partial charge in [0.05, 0.1) is 17.9 Å². The largest absolute Gasteiger partial charge is 0.364 e. The smallest absolute Gasteiger partial charge is 0.0978 e. The van der Waals surface area contributed by atoms with Gasteiger partial charge in [-0.1, -0.05) is 6.07 Å². The number of ether oxygens (including phenoxy) is 1. The summed E-state index contributed by atoms with van der Waals surface area (Å²) in [5.74, 6) is 0. The average Bonchev–Trinajstić information content (AvgIpc) is 2.30. The van der Waals surface area contributed by atoms with Gasteiger partial charge in [0.25, 0.3) is 0 Å². The Hall–Kier alpha value is -0.890. The zero-order valence-corrected chi connectivity index (χ0v) is 6.74. The van der Waals surface area contributed by atoms with E-state index in [-0.39, 0.29) is 12.2 Å². The normalized spacial score (nSPS) is 28.5. The van der Waals surface area contributed by atoms with Crippen LogP contribution in [0, 0.1) is 0 Å². The maximum absolute atomic E-state index is 5.57. The lowest BCUT2D eigenvalue weighted by atomic mass is 10.1. The Balaban J connectivity index is 2.52. The Bertz CT molecular complexity index is 245. The van der Waals surface area contributed by atoms with Crippen molar-refractivity contribution in [2.24, 2.45) is 0 Å². The van der Waals surface area contributed by atoms with E-state index in [9.17, 15) is 0 Å². The lowest BCUT2D eigenvalue weighted by Gasteiger charge is -2.02. The molecule has 2 nitrogen and oxygen atoms in total. The molecule has 2 heteroatoms. The summed E-state index contributed by atoms with van der Waals surface area (Å²) in [6.07, 6.45) is 2.20. The lowest BCUT2D eigenvalue weighted by molar-refractivity contribution is 0.0319. The van der Waals surface area contributed by atoms with Crippen LogP contribution in [0.3, 0.4) is 0 Å². The second-order valence-electron chi connectivity index (χ2n) is 2.90. The molecule has 2 unspecified atom stereocenters. The van der Waals surface area contributed by atoms with Crippen molar-refractivity contribution < 1.29 is 4.74 Å². The van der Waals surface area contributed by atoms with E-state index in [0.717, 1.165) is 5.69 Å². The number of rotatable bonds is 0. The lowest BCUT2D eigenvalue weighted by Crippen LogP contribution is -1.90. The molecule has 0 aliphatic carbocycles. The molecule has 0 saturated heterocycles. The minimum atomic E-state index is 0.168. The number of fused-ring (bicyclic) bond motifs is 1. The highest BCUT2D eigenvalue weighted by atomic mass is 16.5. The first kappa shape index (κ1) is 6.80. The molecule has 0 bridgehead atoms. The van der Waals surface area contributed by atoms with Gasteiger partial charge in [0.1, 0.15) is 0 Å². The van der Waals surface area contributed by atoms with Gasteiger partial charge >= 0.3 is 0 Å². The molecule has 1 aromatic rings. The zero-order chi connectivity index (χ0) is 7.84. The number of nitrogens with zero attached hydrogens (tertiary/aromatic N) is 1. The minimum absolute atomic E-state index is 0.168. The molecule has 1 aliphatic rings. The van der Waals surface area contributed by atoms with Crippen LogP contribution in [-0.2, 0) is 4.74 Å². The molecule has 11 heavy (non-hydrogen) atoms. The Morgan fingerprint density at radius 2 is 2.18 bits per heavy atom. The van der Waals surface area contributed by atoms with Gasteiger partial charge in [0.2, 0.25) is 0 Å². The maximum Gasteiger partial charge on any atom is 0.0978 e. The van der Waals surface area contributed by atoms with Gasteiger partial charge in [-0.05, 0) is 19.9 Å². The Kier molecular flexibility index (Phi) is 1.43. The third kappa shape index (κ3) is 0.942. The van der Waals surface area contributed by atoms with Crippen molar-refractivity contribution in [3.8, 4) is 0 Å². The molecule has 0 spiro atoms. The number of pyridine rings is 1. The molecule has 0 amide bonds. The van der Waals surface area contributed by atoms with Gasteiger partial charge in [-0.15, -0.1) is 0 Å². The summed E-state index contributed by atoms with van der Waals surface area (Å²) in [5.41, 5.74) is 2.33. The summed E-state index contributed by atoms with van der Waals surface area (Å²) in [7, 11) is 0. The first-order chi connectivity index (χ1) is 5.29. The van der Waals surface area contributed by atoms with Gasteiger partial charge in [-0.2, -0.15) is 0 Å². The molecule has 0 aromatic carbocycles. The summed E-state index contributed by atoms with van der Waals surface area (Å²) in [6.45, 7) is 4.10. The molecule has 2 heterocycles. The van der Waals surface area contributed by atoms with Crippen molar-refractivity contribution in [3.63, 3.8) is 0 Å². The van der Waals surface area contributed by atoms with Crippen molar-refractivity contribution in [1.29, 1.82) is 0 Å². The Morgan fingerprint density at radius 1 is 1.36 bits per heavy atom. The molecule has 2 rings (SSSR count). The SMILES string of the molecule is CC1OC(C)c2ncccc21. The fourth-order valence-electron chi connectivity index (χ4n) is 1.56. The molecule has 0 N–H and O–H groups in total. The molecule has 2 atom stereocenters. The van der Waals surface area contributed by atoms with Crippen LogP contribution in [0.5, 0.6) is 0 Å². The van der Waals surface area contributed by atoms with E-state index >= 15 is 0 Å². The zero-order valence-electron chi connectivity index (χ0n) is 6.74. The second-order valence-corrected chi connectivity index (χ2v) is 2.90. The predicted molar refractivity (Wildman–Crippen MR) is 42.2 cm³/mol. The van der Waals surface area contributed by atoms with Crippen LogP contribution < -0.4 is 0 Å². The number of aromatic nitrogens is 1. The molecular weight excluding hydrogens is 138 g/mol. The monoisotopic (exact) mass is 149 g/mol. The molecule has 1 aromatic heterocycles. The van der Waals surface area contributed by atoms with Crippen LogP contribution in [-0.4, -0.2) is 4.98 Å². The average molecular weight is 149 g/mol. The summed E-state index contributed by atoms with van der Waals surface area (Å²) >= 11 is 0. The molecule has 0 fully saturated rings. The standard InChI is InChI=1S/C9H11NO/c1-6-8-4-3-5-10-9(8)7(2)11-6/h3-7H,1-2H3. The first-order valence-corrected chi connectivity index (χ1v) is 3.89. The Morgan fingerprint density at radius 3 is 2.91 bits per heavy atom. The van der Waals surface area contributed by atoms with Crippen molar-refractivity contribution in [3.05, 3.63) is 29.6 Å². The quantitative estimate of drug-likeness (QED) is 0.564. The molecule has 0 saturated carbocycles. The minimum Gasteiger partial charge on any atom is -0.364 e. The van der Waals surface area contributed by atoms with Gasteiger partial charge in [-0.3, -0.25) is 4.98 Å². The van der Waals surface area contributed by atoms with Gasteiger partial charge in [0.15, 0.2) is 0 Å². The van der Waals surface area contributed by atoms with Crippen LogP contribution >= 0.6 is 0 Å². The van der Waals surface area contributed by atoms with Crippen LogP contribution in [0.15, 0.2) is 18.3 Å². The van der Waals surface area contributed by atoms with Crippen LogP contribution in [0.4, 0.5) is 0 Å². The third-order valence-corrected chi connectivity index (χ3v) is 2.10. The number of hydrogen-bond donors (Lipinski definition) is 0.